The first-order valence-electron chi connectivity index (χ1n) is 12.0. The molecule has 1 N–H and O–H groups in total. The van der Waals surface area contributed by atoms with Crippen molar-refractivity contribution < 1.29 is 47.6 Å². The van der Waals surface area contributed by atoms with Crippen molar-refractivity contribution in [2.75, 3.05) is 6.61 Å². The quantitative estimate of drug-likeness (QED) is 0.354. The van der Waals surface area contributed by atoms with Crippen molar-refractivity contribution in [2.45, 2.75) is 60.1 Å². The van der Waals surface area contributed by atoms with Gasteiger partial charge in [0, 0.05) is 0 Å². The van der Waals surface area contributed by atoms with Gasteiger partial charge in [-0.25, -0.2) is 0 Å². The van der Waals surface area contributed by atoms with Crippen LogP contribution in [0.15, 0.2) is 87.5 Å². The van der Waals surface area contributed by atoms with Crippen molar-refractivity contribution in [2.24, 2.45) is 0 Å². The van der Waals surface area contributed by atoms with E-state index in [0.717, 1.165) is 16.7 Å². The van der Waals surface area contributed by atoms with Gasteiger partial charge in [-0.2, -0.15) is 25.3 Å². The van der Waals surface area contributed by atoms with Gasteiger partial charge >= 0.3 is 0 Å². The fourth-order valence-electron chi connectivity index (χ4n) is 3.80. The van der Waals surface area contributed by atoms with E-state index in [1.807, 2.05) is 0 Å². The predicted molar refractivity (Wildman–Crippen MR) is 142 cm³/mol. The monoisotopic (exact) mass is 612 g/mol. The summed E-state index contributed by atoms with van der Waals surface area (Å²) in [6.07, 6.45) is -7.73. The van der Waals surface area contributed by atoms with Crippen LogP contribution in [-0.2, 0) is 47.6 Å². The molecule has 0 saturated carbocycles. The minimum atomic E-state index is -4.63. The molecule has 216 valence electrons. The number of aryl methyl sites for hydroxylation is 3. The Morgan fingerprint density at radius 3 is 1.27 bits per heavy atom. The van der Waals surface area contributed by atoms with Crippen molar-refractivity contribution in [3.8, 4) is 0 Å². The first-order valence-corrected chi connectivity index (χ1v) is 16.2. The number of aliphatic hydroxyl groups is 1. The molecule has 0 aliphatic carbocycles. The summed E-state index contributed by atoms with van der Waals surface area (Å²) in [6.45, 7) is 4.58. The number of benzene rings is 3. The van der Waals surface area contributed by atoms with Crippen molar-refractivity contribution >= 4 is 30.4 Å². The maximum absolute atomic E-state index is 13.2. The third-order valence-electron chi connectivity index (χ3n) is 6.06. The lowest BCUT2D eigenvalue weighted by Gasteiger charge is -2.38. The lowest BCUT2D eigenvalue weighted by molar-refractivity contribution is -0.233. The summed E-state index contributed by atoms with van der Waals surface area (Å²) in [4.78, 5) is -0.825. The Kier molecular flexibility index (Phi) is 8.82. The van der Waals surface area contributed by atoms with Crippen LogP contribution >= 0.6 is 0 Å². The largest absolute Gasteiger partial charge is 0.366 e. The minimum absolute atomic E-state index is 0.242. The van der Waals surface area contributed by atoms with E-state index in [-0.39, 0.29) is 14.7 Å². The molecule has 3 aromatic carbocycles. The second-order valence-corrected chi connectivity index (χ2v) is 14.0. The molecular formula is C26H28O11S3. The Bertz CT molecular complexity index is 1650. The highest BCUT2D eigenvalue weighted by molar-refractivity contribution is 7.87. The predicted octanol–water partition coefficient (Wildman–Crippen LogP) is 2.58. The van der Waals surface area contributed by atoms with Gasteiger partial charge in [0.1, 0.15) is 12.2 Å². The maximum atomic E-state index is 13.2. The molecule has 1 aliphatic heterocycles. The van der Waals surface area contributed by atoms with E-state index >= 15 is 0 Å². The smallest absolute Gasteiger partial charge is 0.297 e. The Labute approximate surface area is 233 Å². The summed E-state index contributed by atoms with van der Waals surface area (Å²) in [6, 6.07) is 16.7. The van der Waals surface area contributed by atoms with Crippen molar-refractivity contribution in [3.05, 3.63) is 89.5 Å². The van der Waals surface area contributed by atoms with Gasteiger partial charge in [0.2, 0.25) is 0 Å². The molecule has 1 aliphatic rings. The lowest BCUT2D eigenvalue weighted by atomic mass is 10.1. The van der Waals surface area contributed by atoms with Crippen LogP contribution < -0.4 is 0 Å². The first-order chi connectivity index (χ1) is 18.7. The van der Waals surface area contributed by atoms with E-state index in [1.165, 1.54) is 72.8 Å². The van der Waals surface area contributed by atoms with Crippen LogP contribution in [0.3, 0.4) is 0 Å². The second-order valence-electron chi connectivity index (χ2n) is 9.28. The standard InChI is InChI=1S/C26H28O11S3/c1-17-4-10-20(11-5-17)38(28,29)35-23-16-34-26(27)25(37-40(32,33)22-14-8-19(3)9-15-22)24(23)36-39(30,31)21-12-6-18(2)7-13-21/h4-15,23-27H,16H2,1-3H3/t23-,24-,25+,26-/m0/s1. The lowest BCUT2D eigenvalue weighted by Crippen LogP contribution is -2.57. The zero-order valence-electron chi connectivity index (χ0n) is 21.7. The van der Waals surface area contributed by atoms with Crippen LogP contribution in [0.5, 0.6) is 0 Å². The van der Waals surface area contributed by atoms with E-state index in [0.29, 0.717) is 0 Å². The van der Waals surface area contributed by atoms with Crippen molar-refractivity contribution in [3.63, 3.8) is 0 Å². The maximum Gasteiger partial charge on any atom is 0.297 e. The van der Waals surface area contributed by atoms with Gasteiger partial charge in [-0.1, -0.05) is 53.1 Å². The topological polar surface area (TPSA) is 160 Å². The zero-order valence-corrected chi connectivity index (χ0v) is 24.1. The van der Waals surface area contributed by atoms with Crippen molar-refractivity contribution in [1.29, 1.82) is 0 Å². The molecule has 4 atom stereocenters. The molecule has 3 aromatic rings. The fourth-order valence-corrected chi connectivity index (χ4v) is 7.05. The Hall–Kier alpha value is -2.69. The summed E-state index contributed by atoms with van der Waals surface area (Å²) < 4.78 is 99.7. The third kappa shape index (κ3) is 6.95. The van der Waals surface area contributed by atoms with E-state index in [1.54, 1.807) is 20.8 Å². The van der Waals surface area contributed by atoms with Crippen LogP contribution in [0.2, 0.25) is 0 Å². The molecule has 1 fully saturated rings. The van der Waals surface area contributed by atoms with Gasteiger partial charge in [0.25, 0.3) is 30.4 Å². The Morgan fingerprint density at radius 2 is 0.900 bits per heavy atom. The molecule has 1 heterocycles. The van der Waals surface area contributed by atoms with E-state index in [2.05, 4.69) is 0 Å². The summed E-state index contributed by atoms with van der Waals surface area (Å²) in [7, 11) is -13.8. The Balaban J connectivity index is 1.72. The van der Waals surface area contributed by atoms with Crippen LogP contribution in [0.25, 0.3) is 0 Å². The highest BCUT2D eigenvalue weighted by Gasteiger charge is 2.49. The molecular weight excluding hydrogens is 584 g/mol. The molecule has 4 rings (SSSR count). The highest BCUT2D eigenvalue weighted by atomic mass is 32.2. The number of rotatable bonds is 9. The van der Waals surface area contributed by atoms with Gasteiger partial charge in [-0.05, 0) is 57.2 Å². The summed E-state index contributed by atoms with van der Waals surface area (Å²) in [5, 5.41) is 10.6. The molecule has 40 heavy (non-hydrogen) atoms. The van der Waals surface area contributed by atoms with Crippen LogP contribution in [0.4, 0.5) is 0 Å². The summed E-state index contributed by atoms with van der Waals surface area (Å²) >= 11 is 0. The van der Waals surface area contributed by atoms with Crippen LogP contribution in [0.1, 0.15) is 16.7 Å². The number of hydrogen-bond donors (Lipinski definition) is 1. The second kappa shape index (κ2) is 11.7. The van der Waals surface area contributed by atoms with Gasteiger partial charge in [0.15, 0.2) is 12.4 Å². The molecule has 0 spiro atoms. The number of ether oxygens (including phenoxy) is 1. The average molecular weight is 613 g/mol. The molecule has 0 amide bonds. The highest BCUT2D eigenvalue weighted by Crippen LogP contribution is 2.31. The van der Waals surface area contributed by atoms with Gasteiger partial charge in [-0.3, -0.25) is 12.5 Å². The molecule has 0 radical (unpaired) electrons. The Morgan fingerprint density at radius 1 is 0.575 bits per heavy atom. The first kappa shape index (κ1) is 30.3. The normalized spacial score (nSPS) is 22.2. The summed E-state index contributed by atoms with van der Waals surface area (Å²) in [5.41, 5.74) is 2.31. The summed E-state index contributed by atoms with van der Waals surface area (Å²) in [5.74, 6) is 0. The third-order valence-corrected chi connectivity index (χ3v) is 10.1. The molecule has 1 saturated heterocycles. The molecule has 11 nitrogen and oxygen atoms in total. The van der Waals surface area contributed by atoms with Gasteiger partial charge in [-0.15, -0.1) is 0 Å². The average Bonchev–Trinajstić information content (AvgIpc) is 2.88. The minimum Gasteiger partial charge on any atom is -0.366 e. The zero-order chi connectivity index (χ0) is 29.3. The van der Waals surface area contributed by atoms with Crippen molar-refractivity contribution in [1.82, 2.24) is 0 Å². The van der Waals surface area contributed by atoms with Gasteiger partial charge < -0.3 is 9.84 Å². The molecule has 0 aromatic heterocycles. The number of hydrogen-bond acceptors (Lipinski definition) is 11. The number of aliphatic hydroxyl groups excluding tert-OH is 1. The van der Waals surface area contributed by atoms with E-state index < -0.39 is 61.6 Å². The van der Waals surface area contributed by atoms with Crippen LogP contribution in [-0.4, -0.2) is 61.6 Å². The SMILES string of the molecule is Cc1ccc(S(=O)(=O)O[C@@H]2[C@@H](OS(=O)(=O)c3ccc(C)cc3)[C@@H](O)OC[C@@H]2OS(=O)(=O)c2ccc(C)cc2)cc1. The van der Waals surface area contributed by atoms with Gasteiger partial charge in [0.05, 0.1) is 21.3 Å². The van der Waals surface area contributed by atoms with E-state index in [9.17, 15) is 30.4 Å². The molecule has 0 unspecified atom stereocenters. The van der Waals surface area contributed by atoms with Crippen LogP contribution in [0, 0.1) is 20.8 Å². The fraction of sp³-hybridized carbons (Fsp3) is 0.308. The molecule has 0 bridgehead atoms. The molecule has 14 heteroatoms. The van der Waals surface area contributed by atoms with E-state index in [4.69, 9.17) is 17.3 Å².